The van der Waals surface area contributed by atoms with Crippen LogP contribution in [0.1, 0.15) is 6.42 Å². The maximum atomic E-state index is 11.9. The first-order chi connectivity index (χ1) is 9.58. The Bertz CT molecular complexity index is 408. The van der Waals surface area contributed by atoms with Crippen LogP contribution in [0.15, 0.2) is 36.9 Å². The number of nitrogens with zero attached hydrogens (tertiary/aromatic N) is 1. The molecule has 1 saturated heterocycles. The van der Waals surface area contributed by atoms with Crippen molar-refractivity contribution in [1.82, 2.24) is 4.31 Å². The zero-order chi connectivity index (χ0) is 15.5. The van der Waals surface area contributed by atoms with E-state index in [1.165, 1.54) is 12.1 Å². The first kappa shape index (κ1) is 19.4. The van der Waals surface area contributed by atoms with Crippen LogP contribution in [0.3, 0.4) is 0 Å². The zero-order valence-corrected chi connectivity index (χ0v) is 13.9. The molecule has 20 heavy (non-hydrogen) atoms. The molecule has 1 aromatic carbocycles. The Labute approximate surface area is 135 Å². The standard InChI is InChI=1S/C6H4F2.C6H11IN2S.C2H2/c7-5-3-1-2-4-6(5)8;1-2-6-3-5(8)4-9(6)10-7;1-2/h1-4H;2,5-6H,1,3-4,8H2;1-2H/t;5-,6+;/m.1./s1. The molecule has 6 heteroatoms. The molecule has 0 radical (unpaired) electrons. The number of nitrogens with two attached hydrogens (primary N) is 1. The molecule has 0 bridgehead atoms. The Morgan fingerprint density at radius 3 is 2.15 bits per heavy atom. The summed E-state index contributed by atoms with van der Waals surface area (Å²) in [5, 5.41) is 0. The second-order valence-electron chi connectivity index (χ2n) is 3.88. The van der Waals surface area contributed by atoms with E-state index in [4.69, 9.17) is 5.73 Å². The van der Waals surface area contributed by atoms with Crippen molar-refractivity contribution >= 4 is 30.3 Å². The van der Waals surface area contributed by atoms with Crippen molar-refractivity contribution in [1.29, 1.82) is 0 Å². The molecule has 1 aliphatic heterocycles. The smallest absolute Gasteiger partial charge is 0.158 e. The van der Waals surface area contributed by atoms with Crippen LogP contribution < -0.4 is 5.73 Å². The van der Waals surface area contributed by atoms with E-state index in [-0.39, 0.29) is 0 Å². The maximum absolute atomic E-state index is 11.9. The molecule has 2 N–H and O–H groups in total. The lowest BCUT2D eigenvalue weighted by Gasteiger charge is -2.15. The van der Waals surface area contributed by atoms with E-state index in [1.807, 2.05) is 6.08 Å². The van der Waals surface area contributed by atoms with Gasteiger partial charge in [-0.15, -0.1) is 19.4 Å². The summed E-state index contributed by atoms with van der Waals surface area (Å²) in [6.07, 6.45) is 11.0. The quantitative estimate of drug-likeness (QED) is 0.348. The summed E-state index contributed by atoms with van der Waals surface area (Å²) >= 11 is 2.28. The Kier molecular flexibility index (Phi) is 10.7. The van der Waals surface area contributed by atoms with Crippen molar-refractivity contribution in [3.05, 3.63) is 48.6 Å². The van der Waals surface area contributed by atoms with Crippen molar-refractivity contribution in [2.24, 2.45) is 5.73 Å². The highest BCUT2D eigenvalue weighted by atomic mass is 127. The fourth-order valence-corrected chi connectivity index (χ4v) is 3.48. The molecule has 0 aromatic heterocycles. The van der Waals surface area contributed by atoms with Gasteiger partial charge in [0.1, 0.15) is 0 Å². The van der Waals surface area contributed by atoms with Gasteiger partial charge in [0.05, 0.1) is 0 Å². The van der Waals surface area contributed by atoms with Crippen LogP contribution in [0.2, 0.25) is 0 Å². The molecule has 0 saturated carbocycles. The average molecular weight is 410 g/mol. The largest absolute Gasteiger partial charge is 0.326 e. The summed E-state index contributed by atoms with van der Waals surface area (Å²) in [4.78, 5) is 0. The third-order valence-corrected chi connectivity index (χ3v) is 4.63. The van der Waals surface area contributed by atoms with Crippen LogP contribution in [-0.2, 0) is 0 Å². The summed E-state index contributed by atoms with van der Waals surface area (Å²) in [5.41, 5.74) is 5.76. The van der Waals surface area contributed by atoms with Gasteiger partial charge >= 0.3 is 0 Å². The molecule has 0 aliphatic carbocycles. The van der Waals surface area contributed by atoms with Crippen molar-refractivity contribution < 1.29 is 8.78 Å². The lowest BCUT2D eigenvalue weighted by molar-refractivity contribution is 0.508. The number of terminal acetylenes is 1. The molecule has 0 amide bonds. The summed E-state index contributed by atoms with van der Waals surface area (Å²) in [5.74, 6) is -1.60. The van der Waals surface area contributed by atoms with Crippen molar-refractivity contribution in [2.75, 3.05) is 6.54 Å². The van der Waals surface area contributed by atoms with Crippen molar-refractivity contribution in [3.8, 4) is 12.8 Å². The van der Waals surface area contributed by atoms with Gasteiger partial charge in [-0.3, -0.25) is 0 Å². The summed E-state index contributed by atoms with van der Waals surface area (Å²) in [7, 11) is 1.72. The van der Waals surface area contributed by atoms with Crippen molar-refractivity contribution in [3.63, 3.8) is 0 Å². The van der Waals surface area contributed by atoms with Gasteiger partial charge in [0.2, 0.25) is 0 Å². The number of benzene rings is 1. The molecule has 2 nitrogen and oxygen atoms in total. The first-order valence-corrected chi connectivity index (χ1v) is 9.07. The molecule has 2 rings (SSSR count). The Morgan fingerprint density at radius 2 is 1.85 bits per heavy atom. The highest BCUT2D eigenvalue weighted by Gasteiger charge is 2.27. The molecule has 1 aliphatic rings. The van der Waals surface area contributed by atoms with Gasteiger partial charge in [-0.25, -0.2) is 13.1 Å². The van der Waals surface area contributed by atoms with E-state index >= 15 is 0 Å². The van der Waals surface area contributed by atoms with E-state index in [9.17, 15) is 8.78 Å². The van der Waals surface area contributed by atoms with Crippen molar-refractivity contribution in [2.45, 2.75) is 18.5 Å². The summed E-state index contributed by atoms with van der Waals surface area (Å²) < 4.78 is 26.1. The lowest BCUT2D eigenvalue weighted by atomic mass is 10.2. The van der Waals surface area contributed by atoms with Gasteiger partial charge in [0.25, 0.3) is 0 Å². The zero-order valence-electron chi connectivity index (χ0n) is 10.9. The third-order valence-electron chi connectivity index (χ3n) is 2.51. The molecule has 1 fully saturated rings. The normalized spacial score (nSPS) is 21.1. The van der Waals surface area contributed by atoms with E-state index in [0.717, 1.165) is 25.1 Å². The van der Waals surface area contributed by atoms with Crippen LogP contribution in [0.4, 0.5) is 8.78 Å². The Hall–Kier alpha value is -0.620. The number of hydrogen-bond donors (Lipinski definition) is 1. The maximum Gasteiger partial charge on any atom is 0.158 e. The molecular weight excluding hydrogens is 393 g/mol. The van der Waals surface area contributed by atoms with E-state index in [2.05, 4.69) is 44.9 Å². The predicted octanol–water partition coefficient (Wildman–Crippen LogP) is 3.79. The van der Waals surface area contributed by atoms with Crippen LogP contribution in [-0.4, -0.2) is 22.9 Å². The molecule has 1 aromatic rings. The topological polar surface area (TPSA) is 29.3 Å². The van der Waals surface area contributed by atoms with E-state index in [0.29, 0.717) is 12.1 Å². The second kappa shape index (κ2) is 11.1. The minimum absolute atomic E-state index is 0.338. The fraction of sp³-hybridized carbons (Fsp3) is 0.286. The first-order valence-electron chi connectivity index (χ1n) is 5.75. The molecular formula is C14H17F2IN2S. The van der Waals surface area contributed by atoms with Gasteiger partial charge in [-0.2, -0.15) is 0 Å². The van der Waals surface area contributed by atoms with Crippen LogP contribution >= 0.6 is 30.3 Å². The minimum atomic E-state index is -0.799. The monoisotopic (exact) mass is 410 g/mol. The van der Waals surface area contributed by atoms with E-state index in [1.54, 1.807) is 9.12 Å². The van der Waals surface area contributed by atoms with Gasteiger partial charge in [-0.05, 0) is 27.7 Å². The SMILES string of the molecule is C#C.C=C[C@H]1C[C@@H](N)CN1SI.Fc1ccccc1F. The molecule has 1 heterocycles. The number of halogens is 3. The summed E-state index contributed by atoms with van der Waals surface area (Å²) in [6.45, 7) is 4.75. The van der Waals surface area contributed by atoms with Gasteiger partial charge in [0.15, 0.2) is 11.6 Å². The van der Waals surface area contributed by atoms with Crippen LogP contribution in [0.25, 0.3) is 0 Å². The predicted molar refractivity (Wildman–Crippen MR) is 91.1 cm³/mol. The van der Waals surface area contributed by atoms with Gasteiger partial charge < -0.3 is 5.73 Å². The van der Waals surface area contributed by atoms with E-state index < -0.39 is 11.6 Å². The van der Waals surface area contributed by atoms with Crippen LogP contribution in [0, 0.1) is 24.5 Å². The molecule has 110 valence electrons. The summed E-state index contributed by atoms with van der Waals surface area (Å²) in [6, 6.07) is 5.86. The van der Waals surface area contributed by atoms with Gasteiger partial charge in [-0.1, -0.05) is 18.2 Å². The highest BCUT2D eigenvalue weighted by molar-refractivity contribution is 14.2. The number of hydrogen-bond acceptors (Lipinski definition) is 3. The minimum Gasteiger partial charge on any atom is -0.326 e. The average Bonchev–Trinajstić information content (AvgIpc) is 2.85. The molecule has 2 atom stereocenters. The highest BCUT2D eigenvalue weighted by Crippen LogP contribution is 2.29. The Balaban J connectivity index is 0.000000327. The van der Waals surface area contributed by atoms with Gasteiger partial charge in [0, 0.05) is 39.8 Å². The lowest BCUT2D eigenvalue weighted by Crippen LogP contribution is -2.22. The van der Waals surface area contributed by atoms with Crippen LogP contribution in [0.5, 0.6) is 0 Å². The number of rotatable bonds is 2. The third kappa shape index (κ3) is 6.70. The second-order valence-corrected chi connectivity index (χ2v) is 5.67. The fourth-order valence-electron chi connectivity index (χ4n) is 1.60. The Morgan fingerprint density at radius 1 is 1.35 bits per heavy atom. The molecule has 0 unspecified atom stereocenters. The molecule has 0 spiro atoms.